The Labute approximate surface area is 151 Å². The van der Waals surface area contributed by atoms with Gasteiger partial charge < -0.3 is 9.84 Å². The Hall–Kier alpha value is -2.00. The highest BCUT2D eigenvalue weighted by atomic mass is 16.5. The number of rotatable bonds is 6. The van der Waals surface area contributed by atoms with Crippen LogP contribution in [0, 0.1) is 6.92 Å². The minimum atomic E-state index is 0.328. The maximum atomic E-state index is 9.51. The third-order valence-electron chi connectivity index (χ3n) is 5.02. The summed E-state index contributed by atoms with van der Waals surface area (Å²) in [7, 11) is 0. The highest BCUT2D eigenvalue weighted by molar-refractivity contribution is 5.38. The maximum absolute atomic E-state index is 9.51. The van der Waals surface area contributed by atoms with Gasteiger partial charge in [0.15, 0.2) is 0 Å². The molecule has 2 aromatic rings. The molecule has 1 N–H and O–H groups in total. The molecule has 3 heteroatoms. The van der Waals surface area contributed by atoms with Crippen LogP contribution in [0.15, 0.2) is 42.5 Å². The van der Waals surface area contributed by atoms with E-state index in [4.69, 9.17) is 4.74 Å². The topological polar surface area (TPSA) is 32.7 Å². The third kappa shape index (κ3) is 5.50. The van der Waals surface area contributed by atoms with Crippen LogP contribution in [-0.2, 0) is 6.42 Å². The molecule has 0 radical (unpaired) electrons. The molecule has 0 aliphatic carbocycles. The lowest BCUT2D eigenvalue weighted by Gasteiger charge is -2.19. The van der Waals surface area contributed by atoms with Crippen molar-refractivity contribution < 1.29 is 9.84 Å². The van der Waals surface area contributed by atoms with Gasteiger partial charge in [-0.1, -0.05) is 31.0 Å². The molecule has 3 rings (SSSR count). The monoisotopic (exact) mass is 339 g/mol. The number of benzene rings is 2. The Morgan fingerprint density at radius 2 is 1.68 bits per heavy atom. The van der Waals surface area contributed by atoms with Crippen molar-refractivity contribution in [1.82, 2.24) is 4.90 Å². The first-order chi connectivity index (χ1) is 12.2. The van der Waals surface area contributed by atoms with Crippen LogP contribution in [0.25, 0.3) is 0 Å². The molecule has 1 heterocycles. The first-order valence-electron chi connectivity index (χ1n) is 9.43. The van der Waals surface area contributed by atoms with Gasteiger partial charge in [-0.15, -0.1) is 0 Å². The summed E-state index contributed by atoms with van der Waals surface area (Å²) in [6.07, 6.45) is 6.27. The van der Waals surface area contributed by atoms with Crippen molar-refractivity contribution in [3.05, 3.63) is 59.2 Å². The molecule has 134 valence electrons. The molecule has 0 amide bonds. The van der Waals surface area contributed by atoms with Gasteiger partial charge in [0.2, 0.25) is 0 Å². The zero-order valence-electron chi connectivity index (χ0n) is 15.2. The van der Waals surface area contributed by atoms with E-state index in [0.29, 0.717) is 5.75 Å². The van der Waals surface area contributed by atoms with E-state index in [2.05, 4.69) is 29.2 Å². The molecule has 1 fully saturated rings. The van der Waals surface area contributed by atoms with E-state index in [0.717, 1.165) is 30.9 Å². The van der Waals surface area contributed by atoms with E-state index in [1.807, 2.05) is 19.1 Å². The van der Waals surface area contributed by atoms with Crippen molar-refractivity contribution in [2.45, 2.75) is 39.0 Å². The second-order valence-electron chi connectivity index (χ2n) is 7.04. The number of phenols is 1. The van der Waals surface area contributed by atoms with Gasteiger partial charge in [0.1, 0.15) is 18.1 Å². The molecule has 25 heavy (non-hydrogen) atoms. The Kier molecular flexibility index (Phi) is 6.35. The van der Waals surface area contributed by atoms with Crippen molar-refractivity contribution in [1.29, 1.82) is 0 Å². The third-order valence-corrected chi connectivity index (χ3v) is 5.02. The molecule has 0 bridgehead atoms. The molecule has 3 nitrogen and oxygen atoms in total. The standard InChI is InChI=1S/C22H29NO2/c1-18-16-21(24)9-8-20(18)17-19-6-10-22(11-7-19)25-15-14-23-12-4-2-3-5-13-23/h6-11,16,24H,2-5,12-15,17H2,1H3. The fourth-order valence-corrected chi connectivity index (χ4v) is 3.45. The quantitative estimate of drug-likeness (QED) is 0.838. The molecule has 1 saturated heterocycles. The predicted molar refractivity (Wildman–Crippen MR) is 102 cm³/mol. The number of phenolic OH excluding ortho intramolecular Hbond substituents is 1. The lowest BCUT2D eigenvalue weighted by Crippen LogP contribution is -2.29. The van der Waals surface area contributed by atoms with Crippen LogP contribution in [0.3, 0.4) is 0 Å². The highest BCUT2D eigenvalue weighted by Gasteiger charge is 2.08. The molecule has 0 saturated carbocycles. The smallest absolute Gasteiger partial charge is 0.119 e. The molecule has 1 aliphatic heterocycles. The van der Waals surface area contributed by atoms with Crippen LogP contribution in [0.2, 0.25) is 0 Å². The summed E-state index contributed by atoms with van der Waals surface area (Å²) in [5, 5.41) is 9.51. The Morgan fingerprint density at radius 3 is 2.36 bits per heavy atom. The molecule has 0 atom stereocenters. The molecule has 0 spiro atoms. The van der Waals surface area contributed by atoms with Crippen molar-refractivity contribution >= 4 is 0 Å². The maximum Gasteiger partial charge on any atom is 0.119 e. The van der Waals surface area contributed by atoms with Gasteiger partial charge in [0.25, 0.3) is 0 Å². The van der Waals surface area contributed by atoms with Crippen molar-refractivity contribution in [2.24, 2.45) is 0 Å². The van der Waals surface area contributed by atoms with E-state index in [9.17, 15) is 5.11 Å². The van der Waals surface area contributed by atoms with Crippen LogP contribution in [0.4, 0.5) is 0 Å². The van der Waals surface area contributed by atoms with E-state index in [-0.39, 0.29) is 0 Å². The Morgan fingerprint density at radius 1 is 0.960 bits per heavy atom. The number of hydrogen-bond donors (Lipinski definition) is 1. The van der Waals surface area contributed by atoms with E-state index >= 15 is 0 Å². The van der Waals surface area contributed by atoms with Crippen LogP contribution < -0.4 is 4.74 Å². The summed E-state index contributed by atoms with van der Waals surface area (Å²) < 4.78 is 5.92. The summed E-state index contributed by atoms with van der Waals surface area (Å²) in [6, 6.07) is 14.0. The van der Waals surface area contributed by atoms with Gasteiger partial charge in [0.05, 0.1) is 0 Å². The number of aromatic hydroxyl groups is 1. The molecule has 0 unspecified atom stereocenters. The largest absolute Gasteiger partial charge is 0.508 e. The first-order valence-corrected chi connectivity index (χ1v) is 9.43. The number of aryl methyl sites for hydroxylation is 1. The summed E-state index contributed by atoms with van der Waals surface area (Å²) in [4.78, 5) is 2.52. The zero-order valence-corrected chi connectivity index (χ0v) is 15.2. The summed E-state index contributed by atoms with van der Waals surface area (Å²) in [5.74, 6) is 1.27. The number of likely N-dealkylation sites (tertiary alicyclic amines) is 1. The normalized spacial score (nSPS) is 15.7. The van der Waals surface area contributed by atoms with Crippen LogP contribution >= 0.6 is 0 Å². The van der Waals surface area contributed by atoms with Crippen LogP contribution in [-0.4, -0.2) is 36.2 Å². The second kappa shape index (κ2) is 8.91. The molecule has 1 aliphatic rings. The summed E-state index contributed by atoms with van der Waals surface area (Å²) in [5.41, 5.74) is 3.62. The van der Waals surface area contributed by atoms with Gasteiger partial charge in [-0.05, 0) is 80.2 Å². The fourth-order valence-electron chi connectivity index (χ4n) is 3.45. The zero-order chi connectivity index (χ0) is 17.5. The number of hydrogen-bond acceptors (Lipinski definition) is 3. The molecular formula is C22H29NO2. The molecular weight excluding hydrogens is 310 g/mol. The van der Waals surface area contributed by atoms with Crippen LogP contribution in [0.5, 0.6) is 11.5 Å². The Balaban J connectivity index is 1.48. The second-order valence-corrected chi connectivity index (χ2v) is 7.04. The average Bonchev–Trinajstić information content (AvgIpc) is 2.88. The van der Waals surface area contributed by atoms with E-state index < -0.39 is 0 Å². The molecule has 0 aromatic heterocycles. The lowest BCUT2D eigenvalue weighted by molar-refractivity contribution is 0.214. The van der Waals surface area contributed by atoms with E-state index in [1.165, 1.54) is 49.9 Å². The number of nitrogens with zero attached hydrogens (tertiary/aromatic N) is 1. The van der Waals surface area contributed by atoms with E-state index in [1.54, 1.807) is 6.07 Å². The minimum Gasteiger partial charge on any atom is -0.508 e. The fraction of sp³-hybridized carbons (Fsp3) is 0.455. The van der Waals surface area contributed by atoms with Gasteiger partial charge in [-0.25, -0.2) is 0 Å². The first kappa shape index (κ1) is 17.8. The number of ether oxygens (including phenoxy) is 1. The summed E-state index contributed by atoms with van der Waals surface area (Å²) in [6.45, 7) is 6.25. The van der Waals surface area contributed by atoms with Gasteiger partial charge in [-0.3, -0.25) is 4.90 Å². The lowest BCUT2D eigenvalue weighted by atomic mass is 10.0. The van der Waals surface area contributed by atoms with Gasteiger partial charge in [-0.2, -0.15) is 0 Å². The molecule has 2 aromatic carbocycles. The predicted octanol–water partition coefficient (Wildman–Crippen LogP) is 4.55. The van der Waals surface area contributed by atoms with Crippen molar-refractivity contribution in [3.8, 4) is 11.5 Å². The highest BCUT2D eigenvalue weighted by Crippen LogP contribution is 2.20. The van der Waals surface area contributed by atoms with Gasteiger partial charge >= 0.3 is 0 Å². The van der Waals surface area contributed by atoms with Gasteiger partial charge in [0, 0.05) is 6.54 Å². The Bertz CT molecular complexity index is 658. The van der Waals surface area contributed by atoms with Crippen molar-refractivity contribution in [3.63, 3.8) is 0 Å². The summed E-state index contributed by atoms with van der Waals surface area (Å²) >= 11 is 0. The van der Waals surface area contributed by atoms with Crippen LogP contribution in [0.1, 0.15) is 42.4 Å². The minimum absolute atomic E-state index is 0.328. The SMILES string of the molecule is Cc1cc(O)ccc1Cc1ccc(OCCN2CCCCCC2)cc1. The average molecular weight is 339 g/mol. The van der Waals surface area contributed by atoms with Crippen molar-refractivity contribution in [2.75, 3.05) is 26.2 Å².